The Hall–Kier alpha value is -1.08. The van der Waals surface area contributed by atoms with Crippen molar-refractivity contribution in [1.82, 2.24) is 0 Å². The number of unbranched alkanes of at least 4 members (excludes halogenated alkanes) is 2. The summed E-state index contributed by atoms with van der Waals surface area (Å²) in [5.74, 6) is -0.197. The molecule has 0 spiro atoms. The van der Waals surface area contributed by atoms with Crippen molar-refractivity contribution in [2.75, 3.05) is 0 Å². The minimum Gasteiger partial charge on any atom is -0.207 e. The van der Waals surface area contributed by atoms with E-state index in [4.69, 9.17) is 11.6 Å². The zero-order chi connectivity index (χ0) is 12.3. The summed E-state index contributed by atoms with van der Waals surface area (Å²) >= 11 is 6.10. The largest absolute Gasteiger partial charge is 0.207 e. The predicted molar refractivity (Wildman–Crippen MR) is 72.1 cm³/mol. The smallest absolute Gasteiger partial charge is 0.124 e. The fourth-order valence-corrected chi connectivity index (χ4v) is 2.39. The summed E-state index contributed by atoms with van der Waals surface area (Å²) in [6.45, 7) is 2.17. The Morgan fingerprint density at radius 1 is 1.12 bits per heavy atom. The molecule has 0 radical (unpaired) electrons. The molecule has 0 unspecified atom stereocenters. The van der Waals surface area contributed by atoms with E-state index in [1.807, 2.05) is 12.1 Å². The molecule has 0 atom stereocenters. The molecule has 2 heteroatoms. The van der Waals surface area contributed by atoms with Crippen molar-refractivity contribution in [2.24, 2.45) is 0 Å². The topological polar surface area (TPSA) is 0 Å². The van der Waals surface area contributed by atoms with Crippen LogP contribution in [0.3, 0.4) is 0 Å². The molecule has 0 N–H and O–H groups in total. The number of aryl methyl sites for hydroxylation is 1. The quantitative estimate of drug-likeness (QED) is 0.641. The van der Waals surface area contributed by atoms with Gasteiger partial charge < -0.3 is 0 Å². The summed E-state index contributed by atoms with van der Waals surface area (Å²) < 4.78 is 13.5. The molecule has 0 heterocycles. The Morgan fingerprint density at radius 2 is 1.94 bits per heavy atom. The van der Waals surface area contributed by atoms with E-state index < -0.39 is 0 Å². The molecule has 0 aliphatic carbocycles. The molecule has 0 aliphatic rings. The van der Waals surface area contributed by atoms with Crippen molar-refractivity contribution in [3.63, 3.8) is 0 Å². The molecule has 0 nitrogen and oxygen atoms in total. The first-order valence-corrected chi connectivity index (χ1v) is 6.47. The molecule has 2 rings (SSSR count). The maximum absolute atomic E-state index is 13.5. The molecule has 2 aromatic rings. The average molecular weight is 251 g/mol. The van der Waals surface area contributed by atoms with Crippen molar-refractivity contribution in [3.8, 4) is 0 Å². The lowest BCUT2D eigenvalue weighted by atomic mass is 9.99. The Bertz CT molecular complexity index is 520. The summed E-state index contributed by atoms with van der Waals surface area (Å²) in [4.78, 5) is 0. The van der Waals surface area contributed by atoms with Crippen LogP contribution in [0.4, 0.5) is 4.39 Å². The SMILES string of the molecule is CCCCCc1cc(F)cc2c(Cl)cccc12. The number of hydrogen-bond acceptors (Lipinski definition) is 0. The maximum Gasteiger partial charge on any atom is 0.124 e. The van der Waals surface area contributed by atoms with E-state index in [2.05, 4.69) is 6.92 Å². The van der Waals surface area contributed by atoms with Gasteiger partial charge in [0.2, 0.25) is 0 Å². The Kier molecular flexibility index (Phi) is 4.01. The molecular formula is C15H16ClF. The van der Waals surface area contributed by atoms with Crippen LogP contribution in [0.5, 0.6) is 0 Å². The number of halogens is 2. The molecule has 0 bridgehead atoms. The highest BCUT2D eigenvalue weighted by Gasteiger charge is 2.06. The van der Waals surface area contributed by atoms with Crippen LogP contribution >= 0.6 is 11.6 Å². The Labute approximate surface area is 106 Å². The van der Waals surface area contributed by atoms with E-state index in [1.165, 1.54) is 18.9 Å². The fourth-order valence-electron chi connectivity index (χ4n) is 2.16. The second-order valence-electron chi connectivity index (χ2n) is 4.36. The first-order chi connectivity index (χ1) is 8.22. The van der Waals surface area contributed by atoms with Crippen LogP contribution in [-0.4, -0.2) is 0 Å². The molecule has 0 amide bonds. The van der Waals surface area contributed by atoms with Gasteiger partial charge in [-0.25, -0.2) is 4.39 Å². The standard InChI is InChI=1S/C15H16ClF/c1-2-3-4-6-11-9-12(17)10-14-13(11)7-5-8-15(14)16/h5,7-10H,2-4,6H2,1H3. The van der Waals surface area contributed by atoms with Gasteiger partial charge in [-0.05, 0) is 42.0 Å². The molecular weight excluding hydrogens is 235 g/mol. The third-order valence-corrected chi connectivity index (χ3v) is 3.37. The van der Waals surface area contributed by atoms with Gasteiger partial charge in [0, 0.05) is 10.4 Å². The maximum atomic E-state index is 13.5. The van der Waals surface area contributed by atoms with E-state index in [-0.39, 0.29) is 5.82 Å². The van der Waals surface area contributed by atoms with Crippen molar-refractivity contribution in [3.05, 3.63) is 46.7 Å². The van der Waals surface area contributed by atoms with E-state index >= 15 is 0 Å². The minimum atomic E-state index is -0.197. The molecule has 0 aromatic heterocycles. The van der Waals surface area contributed by atoms with Crippen LogP contribution in [0.1, 0.15) is 31.7 Å². The van der Waals surface area contributed by atoms with Gasteiger partial charge in [0.1, 0.15) is 5.82 Å². The van der Waals surface area contributed by atoms with E-state index in [9.17, 15) is 4.39 Å². The summed E-state index contributed by atoms with van der Waals surface area (Å²) in [6, 6.07) is 8.89. The van der Waals surface area contributed by atoms with E-state index in [1.54, 1.807) is 12.1 Å². The highest BCUT2D eigenvalue weighted by Crippen LogP contribution is 2.28. The highest BCUT2D eigenvalue weighted by molar-refractivity contribution is 6.35. The molecule has 2 aromatic carbocycles. The predicted octanol–water partition coefficient (Wildman–Crippen LogP) is 5.37. The third kappa shape index (κ3) is 2.78. The van der Waals surface area contributed by atoms with Crippen molar-refractivity contribution < 1.29 is 4.39 Å². The zero-order valence-corrected chi connectivity index (χ0v) is 10.7. The van der Waals surface area contributed by atoms with Gasteiger partial charge in [-0.1, -0.05) is 43.5 Å². The fraction of sp³-hybridized carbons (Fsp3) is 0.333. The average Bonchev–Trinajstić information content (AvgIpc) is 2.31. The summed E-state index contributed by atoms with van der Waals surface area (Å²) in [7, 11) is 0. The molecule has 0 saturated carbocycles. The minimum absolute atomic E-state index is 0.197. The normalized spacial score (nSPS) is 11.0. The van der Waals surface area contributed by atoms with Crippen LogP contribution in [0.2, 0.25) is 5.02 Å². The number of fused-ring (bicyclic) bond motifs is 1. The van der Waals surface area contributed by atoms with Gasteiger partial charge in [0.05, 0.1) is 0 Å². The van der Waals surface area contributed by atoms with Gasteiger partial charge in [0.25, 0.3) is 0 Å². The molecule has 17 heavy (non-hydrogen) atoms. The summed E-state index contributed by atoms with van der Waals surface area (Å²) in [6.07, 6.45) is 4.37. The number of benzene rings is 2. The van der Waals surface area contributed by atoms with E-state index in [0.717, 1.165) is 29.2 Å². The first kappa shape index (κ1) is 12.4. The first-order valence-electron chi connectivity index (χ1n) is 6.09. The summed E-state index contributed by atoms with van der Waals surface area (Å²) in [5, 5.41) is 2.52. The van der Waals surface area contributed by atoms with Gasteiger partial charge in [0.15, 0.2) is 0 Å². The monoisotopic (exact) mass is 250 g/mol. The summed E-state index contributed by atoms with van der Waals surface area (Å²) in [5.41, 5.74) is 1.07. The second-order valence-corrected chi connectivity index (χ2v) is 4.76. The lowest BCUT2D eigenvalue weighted by molar-refractivity contribution is 0.625. The zero-order valence-electron chi connectivity index (χ0n) is 9.97. The molecule has 0 saturated heterocycles. The Balaban J connectivity index is 2.43. The van der Waals surface area contributed by atoms with Crippen LogP contribution in [0.15, 0.2) is 30.3 Å². The lowest BCUT2D eigenvalue weighted by Crippen LogP contribution is -1.90. The van der Waals surface area contributed by atoms with Crippen LogP contribution in [0, 0.1) is 5.82 Å². The molecule has 0 aliphatic heterocycles. The van der Waals surface area contributed by atoms with Gasteiger partial charge in [-0.15, -0.1) is 0 Å². The van der Waals surface area contributed by atoms with E-state index in [0.29, 0.717) is 5.02 Å². The molecule has 90 valence electrons. The van der Waals surface area contributed by atoms with Crippen LogP contribution in [0.25, 0.3) is 10.8 Å². The highest BCUT2D eigenvalue weighted by atomic mass is 35.5. The Morgan fingerprint density at radius 3 is 2.71 bits per heavy atom. The van der Waals surface area contributed by atoms with Crippen LogP contribution in [-0.2, 0) is 6.42 Å². The lowest BCUT2D eigenvalue weighted by Gasteiger charge is -2.08. The third-order valence-electron chi connectivity index (χ3n) is 3.04. The van der Waals surface area contributed by atoms with Crippen molar-refractivity contribution >= 4 is 22.4 Å². The van der Waals surface area contributed by atoms with Crippen molar-refractivity contribution in [2.45, 2.75) is 32.6 Å². The molecule has 0 fully saturated rings. The number of rotatable bonds is 4. The van der Waals surface area contributed by atoms with Gasteiger partial charge in [-0.3, -0.25) is 0 Å². The van der Waals surface area contributed by atoms with Gasteiger partial charge >= 0.3 is 0 Å². The second kappa shape index (κ2) is 5.50. The number of hydrogen-bond donors (Lipinski definition) is 0. The van der Waals surface area contributed by atoms with Gasteiger partial charge in [-0.2, -0.15) is 0 Å². The van der Waals surface area contributed by atoms with Crippen LogP contribution < -0.4 is 0 Å². The van der Waals surface area contributed by atoms with Crippen molar-refractivity contribution in [1.29, 1.82) is 0 Å².